The SMILES string of the molecule is COc1cc(C(=O)[C@@H]2[C@H](C(=O)c3ccc(Br)cc3)[C@@]3(C(=O)Nc4ccccc43)[C@@H]3C=Cc4ccccc4N23)cc(OC)c1OC. The topological polar surface area (TPSA) is 94.2 Å². The summed E-state index contributed by atoms with van der Waals surface area (Å²) < 4.78 is 17.5. The fourth-order valence-electron chi connectivity index (χ4n) is 7.31. The Labute approximate surface area is 268 Å². The number of fused-ring (bicyclic) bond motifs is 6. The Morgan fingerprint density at radius 1 is 0.822 bits per heavy atom. The molecule has 0 unspecified atom stereocenters. The number of methoxy groups -OCH3 is 3. The molecule has 0 aliphatic carbocycles. The van der Waals surface area contributed by atoms with Crippen LogP contribution < -0.4 is 24.4 Å². The van der Waals surface area contributed by atoms with Gasteiger partial charge in [-0.25, -0.2) is 0 Å². The van der Waals surface area contributed by atoms with Crippen molar-refractivity contribution in [1.82, 2.24) is 0 Å². The lowest BCUT2D eigenvalue weighted by atomic mass is 9.64. The molecule has 0 aromatic heterocycles. The zero-order valence-electron chi connectivity index (χ0n) is 24.7. The van der Waals surface area contributed by atoms with E-state index in [2.05, 4.69) is 21.2 Å². The maximum atomic E-state index is 15.1. The van der Waals surface area contributed by atoms with E-state index in [1.165, 1.54) is 21.3 Å². The zero-order valence-corrected chi connectivity index (χ0v) is 26.3. The maximum Gasteiger partial charge on any atom is 0.238 e. The molecule has 0 saturated carbocycles. The number of carbonyl (C=O) groups is 3. The highest BCUT2D eigenvalue weighted by Gasteiger charge is 2.70. The van der Waals surface area contributed by atoms with Crippen LogP contribution in [0.15, 0.2) is 95.5 Å². The Balaban J connectivity index is 1.53. The van der Waals surface area contributed by atoms with Crippen molar-refractivity contribution in [1.29, 1.82) is 0 Å². The largest absolute Gasteiger partial charge is 0.493 e. The monoisotopic (exact) mass is 664 g/mol. The third kappa shape index (κ3) is 4.14. The number of ether oxygens (including phenoxy) is 3. The molecule has 1 spiro atoms. The molecule has 8 nitrogen and oxygen atoms in total. The molecule has 7 rings (SSSR count). The predicted octanol–water partition coefficient (Wildman–Crippen LogP) is 6.33. The molecule has 4 atom stereocenters. The second-order valence-electron chi connectivity index (χ2n) is 11.2. The number of Topliss-reactive ketones (excluding diaryl/α,β-unsaturated/α-hetero) is 2. The number of anilines is 2. The van der Waals surface area contributed by atoms with E-state index < -0.39 is 23.4 Å². The zero-order chi connectivity index (χ0) is 31.5. The maximum absolute atomic E-state index is 15.1. The van der Waals surface area contributed by atoms with Crippen LogP contribution in [0.25, 0.3) is 6.08 Å². The summed E-state index contributed by atoms with van der Waals surface area (Å²) in [6.07, 6.45) is 3.92. The number of hydrogen-bond donors (Lipinski definition) is 1. The normalized spacial score (nSPS) is 22.4. The molecule has 0 radical (unpaired) electrons. The van der Waals surface area contributed by atoms with Crippen molar-refractivity contribution in [3.8, 4) is 17.2 Å². The molecular weight excluding hydrogens is 636 g/mol. The fraction of sp³-hybridized carbons (Fsp3) is 0.194. The molecule has 1 saturated heterocycles. The Bertz CT molecular complexity index is 1880. The summed E-state index contributed by atoms with van der Waals surface area (Å²) in [5.74, 6) is -1.12. The fourth-order valence-corrected chi connectivity index (χ4v) is 7.57. The number of nitrogens with one attached hydrogen (secondary N) is 1. The van der Waals surface area contributed by atoms with Gasteiger partial charge in [0, 0.05) is 27.0 Å². The lowest BCUT2D eigenvalue weighted by Crippen LogP contribution is -2.51. The van der Waals surface area contributed by atoms with Gasteiger partial charge in [-0.1, -0.05) is 76.6 Å². The smallest absolute Gasteiger partial charge is 0.238 e. The van der Waals surface area contributed by atoms with E-state index in [0.29, 0.717) is 34.1 Å². The van der Waals surface area contributed by atoms with Crippen LogP contribution in [0.5, 0.6) is 17.2 Å². The Morgan fingerprint density at radius 3 is 2.18 bits per heavy atom. The van der Waals surface area contributed by atoms with E-state index >= 15 is 4.79 Å². The van der Waals surface area contributed by atoms with E-state index in [1.54, 1.807) is 36.4 Å². The molecule has 3 aliphatic rings. The third-order valence-corrected chi connectivity index (χ3v) is 9.70. The molecule has 226 valence electrons. The van der Waals surface area contributed by atoms with Crippen LogP contribution in [0, 0.1) is 5.92 Å². The number of nitrogens with zero attached hydrogens (tertiary/aromatic N) is 1. The molecular formula is C36H29BrN2O6. The summed E-state index contributed by atoms with van der Waals surface area (Å²) in [5.41, 5.74) is 2.21. The number of hydrogen-bond acceptors (Lipinski definition) is 7. The van der Waals surface area contributed by atoms with Crippen LogP contribution in [0.3, 0.4) is 0 Å². The lowest BCUT2D eigenvalue weighted by molar-refractivity contribution is -0.121. The van der Waals surface area contributed by atoms with Gasteiger partial charge in [0.1, 0.15) is 11.5 Å². The Hall–Kier alpha value is -4.89. The van der Waals surface area contributed by atoms with Crippen molar-refractivity contribution < 1.29 is 28.6 Å². The van der Waals surface area contributed by atoms with Crippen LogP contribution in [0.4, 0.5) is 11.4 Å². The van der Waals surface area contributed by atoms with Crippen molar-refractivity contribution in [2.75, 3.05) is 31.5 Å². The predicted molar refractivity (Wildman–Crippen MR) is 175 cm³/mol. The van der Waals surface area contributed by atoms with Crippen LogP contribution in [0.2, 0.25) is 0 Å². The molecule has 45 heavy (non-hydrogen) atoms. The van der Waals surface area contributed by atoms with E-state index in [-0.39, 0.29) is 23.0 Å². The number of benzene rings is 4. The Morgan fingerprint density at radius 2 is 1.49 bits per heavy atom. The number of rotatable bonds is 7. The van der Waals surface area contributed by atoms with Crippen LogP contribution in [-0.2, 0) is 10.2 Å². The van der Waals surface area contributed by atoms with Crippen molar-refractivity contribution in [2.45, 2.75) is 17.5 Å². The second kappa shape index (κ2) is 10.9. The van der Waals surface area contributed by atoms with Gasteiger partial charge in [0.15, 0.2) is 23.1 Å². The first-order valence-electron chi connectivity index (χ1n) is 14.5. The van der Waals surface area contributed by atoms with Crippen molar-refractivity contribution in [3.05, 3.63) is 118 Å². The molecule has 4 aromatic rings. The minimum absolute atomic E-state index is 0.262. The molecule has 1 N–H and O–H groups in total. The van der Waals surface area contributed by atoms with Gasteiger partial charge < -0.3 is 24.4 Å². The molecule has 1 fully saturated rings. The van der Waals surface area contributed by atoms with Gasteiger partial charge in [0.2, 0.25) is 11.7 Å². The van der Waals surface area contributed by atoms with Gasteiger partial charge in [-0.15, -0.1) is 0 Å². The van der Waals surface area contributed by atoms with Gasteiger partial charge in [-0.05, 0) is 47.5 Å². The average Bonchev–Trinajstić information content (AvgIpc) is 3.55. The molecule has 0 bridgehead atoms. The van der Waals surface area contributed by atoms with Gasteiger partial charge in [0.25, 0.3) is 0 Å². The quantitative estimate of drug-likeness (QED) is 0.231. The van der Waals surface area contributed by atoms with E-state index in [9.17, 15) is 9.59 Å². The number of halogens is 1. The van der Waals surface area contributed by atoms with Gasteiger partial charge in [-0.3, -0.25) is 14.4 Å². The molecule has 4 aromatic carbocycles. The van der Waals surface area contributed by atoms with Crippen LogP contribution >= 0.6 is 15.9 Å². The van der Waals surface area contributed by atoms with Crippen molar-refractivity contribution in [2.24, 2.45) is 5.92 Å². The summed E-state index contributed by atoms with van der Waals surface area (Å²) in [4.78, 5) is 46.5. The summed E-state index contributed by atoms with van der Waals surface area (Å²) in [6.45, 7) is 0. The molecule has 1 amide bonds. The molecule has 3 heterocycles. The molecule has 9 heteroatoms. The number of para-hydroxylation sites is 2. The van der Waals surface area contributed by atoms with Crippen molar-refractivity contribution >= 4 is 50.9 Å². The minimum atomic E-state index is -1.41. The highest BCUT2D eigenvalue weighted by atomic mass is 79.9. The average molecular weight is 666 g/mol. The van der Waals surface area contributed by atoms with E-state index in [4.69, 9.17) is 14.2 Å². The second-order valence-corrected chi connectivity index (χ2v) is 12.1. The summed E-state index contributed by atoms with van der Waals surface area (Å²) in [5, 5.41) is 3.06. The molecule has 3 aliphatic heterocycles. The lowest BCUT2D eigenvalue weighted by Gasteiger charge is -2.37. The van der Waals surface area contributed by atoms with Gasteiger partial charge >= 0.3 is 0 Å². The highest BCUT2D eigenvalue weighted by Crippen LogP contribution is 2.58. The summed E-state index contributed by atoms with van der Waals surface area (Å²) in [6, 6.07) is 23.6. The van der Waals surface area contributed by atoms with Gasteiger partial charge in [0.05, 0.1) is 33.3 Å². The standard InChI is InChI=1S/C36H29BrN2O6/c1-43-27-18-22(19-28(44-2)34(27)45-3)33(41)31-30(32(40)21-12-15-23(37)16-13-21)36(24-9-5-6-10-25(24)38-35(36)42)29-17-14-20-8-4-7-11-26(20)39(29)31/h4-19,29-31H,1-3H3,(H,38,42)/t29-,30+,31-,36-/m0/s1. The number of carbonyl (C=O) groups excluding carboxylic acids is 3. The van der Waals surface area contributed by atoms with Crippen LogP contribution in [0.1, 0.15) is 31.8 Å². The summed E-state index contributed by atoms with van der Waals surface area (Å²) in [7, 11) is 4.46. The first kappa shape index (κ1) is 28.9. The number of amides is 1. The highest BCUT2D eigenvalue weighted by molar-refractivity contribution is 9.10. The van der Waals surface area contributed by atoms with Crippen molar-refractivity contribution in [3.63, 3.8) is 0 Å². The van der Waals surface area contributed by atoms with Gasteiger partial charge in [-0.2, -0.15) is 0 Å². The van der Waals surface area contributed by atoms with Crippen LogP contribution in [-0.4, -0.2) is 50.9 Å². The third-order valence-electron chi connectivity index (χ3n) is 9.17. The minimum Gasteiger partial charge on any atom is -0.493 e. The first-order chi connectivity index (χ1) is 21.8. The first-order valence-corrected chi connectivity index (χ1v) is 15.2. The van der Waals surface area contributed by atoms with E-state index in [0.717, 1.165) is 15.7 Å². The Kier molecular flexibility index (Phi) is 7.00. The summed E-state index contributed by atoms with van der Waals surface area (Å²) >= 11 is 3.46. The number of ketones is 2. The van der Waals surface area contributed by atoms with E-state index in [1.807, 2.05) is 65.6 Å².